The van der Waals surface area contributed by atoms with E-state index in [1.807, 2.05) is 11.0 Å². The van der Waals surface area contributed by atoms with Gasteiger partial charge in [-0.15, -0.1) is 0 Å². The molecule has 3 aromatic heterocycles. The van der Waals surface area contributed by atoms with Gasteiger partial charge in [0.25, 0.3) is 5.91 Å². The number of aryl methyl sites for hydroxylation is 2. The van der Waals surface area contributed by atoms with Crippen molar-refractivity contribution in [3.8, 4) is 17.6 Å². The lowest BCUT2D eigenvalue weighted by Crippen LogP contribution is -2.55. The van der Waals surface area contributed by atoms with Gasteiger partial charge in [-0.05, 0) is 13.3 Å². The summed E-state index contributed by atoms with van der Waals surface area (Å²) in [5.74, 6) is -0.466. The monoisotopic (exact) mass is 518 g/mol. The fourth-order valence-electron chi connectivity index (χ4n) is 3.96. The molecule has 0 aliphatic carbocycles. The number of methoxy groups -OCH3 is 2. The minimum absolute atomic E-state index is 0.100. The molecule has 35 heavy (non-hydrogen) atoms. The SMILES string of the molecule is COC(=O)c1sc(N2CCC(NC(=O)c3[nH]c(C)c(C#N)c3Cl)C(OC)C2)nc1-c1ncnn1C. The first kappa shape index (κ1) is 24.6. The van der Waals surface area contributed by atoms with E-state index < -0.39 is 11.9 Å². The van der Waals surface area contributed by atoms with Gasteiger partial charge in [0, 0.05) is 32.9 Å². The van der Waals surface area contributed by atoms with Crippen LogP contribution in [0.1, 0.15) is 37.8 Å². The largest absolute Gasteiger partial charge is 0.465 e. The number of piperidine rings is 1. The lowest BCUT2D eigenvalue weighted by atomic mass is 10.0. The molecule has 0 spiro atoms. The Labute approximate surface area is 209 Å². The summed E-state index contributed by atoms with van der Waals surface area (Å²) in [6.45, 7) is 2.66. The number of H-pyrrole nitrogens is 1. The molecule has 14 heteroatoms. The Kier molecular flexibility index (Phi) is 7.06. The van der Waals surface area contributed by atoms with E-state index in [4.69, 9.17) is 21.1 Å². The van der Waals surface area contributed by atoms with Crippen molar-refractivity contribution in [3.05, 3.63) is 33.2 Å². The molecule has 1 saturated heterocycles. The average molecular weight is 519 g/mol. The van der Waals surface area contributed by atoms with Gasteiger partial charge in [0.2, 0.25) is 0 Å². The Morgan fingerprint density at radius 3 is 2.77 bits per heavy atom. The summed E-state index contributed by atoms with van der Waals surface area (Å²) < 4.78 is 12.2. The van der Waals surface area contributed by atoms with Gasteiger partial charge in [0.15, 0.2) is 11.0 Å². The molecule has 1 aliphatic rings. The maximum atomic E-state index is 12.9. The number of anilines is 1. The Morgan fingerprint density at radius 1 is 1.40 bits per heavy atom. The third kappa shape index (κ3) is 4.60. The number of nitrogens with zero attached hydrogens (tertiary/aromatic N) is 6. The maximum absolute atomic E-state index is 12.9. The molecule has 184 valence electrons. The number of carbonyl (C=O) groups is 2. The predicted molar refractivity (Wildman–Crippen MR) is 128 cm³/mol. The molecule has 1 fully saturated rings. The molecule has 0 bridgehead atoms. The number of amides is 1. The standard InChI is InChI=1S/C21H23ClN8O4S/c1-10-11(7-23)14(22)15(26-10)19(31)27-12-5-6-30(8-13(12)33-3)21-28-16(17(35-21)20(32)34-4)18-24-9-25-29(18)2/h9,12-13,26H,5-6,8H2,1-4H3,(H,27,31). The number of aromatic nitrogens is 5. The van der Waals surface area contributed by atoms with E-state index in [0.29, 0.717) is 46.7 Å². The number of esters is 1. The Morgan fingerprint density at radius 2 is 2.17 bits per heavy atom. The third-order valence-electron chi connectivity index (χ3n) is 5.82. The van der Waals surface area contributed by atoms with Crippen molar-refractivity contribution in [2.24, 2.45) is 7.05 Å². The van der Waals surface area contributed by atoms with Gasteiger partial charge in [0.05, 0.1) is 29.8 Å². The van der Waals surface area contributed by atoms with Gasteiger partial charge in [-0.3, -0.25) is 4.79 Å². The van der Waals surface area contributed by atoms with Crippen LogP contribution in [0.3, 0.4) is 0 Å². The molecule has 1 amide bonds. The highest BCUT2D eigenvalue weighted by Crippen LogP contribution is 2.34. The quantitative estimate of drug-likeness (QED) is 0.466. The lowest BCUT2D eigenvalue weighted by molar-refractivity contribution is 0.0540. The molecule has 1 aliphatic heterocycles. The molecule has 2 atom stereocenters. The average Bonchev–Trinajstić information content (AvgIpc) is 3.55. The number of thiazole rings is 1. The van der Waals surface area contributed by atoms with Crippen LogP contribution in [-0.4, -0.2) is 76.1 Å². The zero-order valence-corrected chi connectivity index (χ0v) is 21.0. The minimum Gasteiger partial charge on any atom is -0.465 e. The number of halogens is 1. The summed E-state index contributed by atoms with van der Waals surface area (Å²) in [5, 5.41) is 17.0. The second kappa shape index (κ2) is 10.0. The van der Waals surface area contributed by atoms with Crippen molar-refractivity contribution < 1.29 is 19.1 Å². The van der Waals surface area contributed by atoms with Crippen LogP contribution in [0.15, 0.2) is 6.33 Å². The number of carbonyl (C=O) groups excluding carboxylic acids is 2. The minimum atomic E-state index is -0.507. The van der Waals surface area contributed by atoms with E-state index in [1.54, 1.807) is 21.1 Å². The topological polar surface area (TPSA) is 151 Å². The second-order valence-corrected chi connectivity index (χ2v) is 9.24. The molecule has 4 rings (SSSR count). The smallest absolute Gasteiger partial charge is 0.350 e. The number of rotatable bonds is 6. The van der Waals surface area contributed by atoms with E-state index in [9.17, 15) is 14.9 Å². The van der Waals surface area contributed by atoms with Crippen LogP contribution in [0, 0.1) is 18.3 Å². The van der Waals surface area contributed by atoms with Crippen molar-refractivity contribution >= 4 is 39.9 Å². The number of ether oxygens (including phenoxy) is 2. The van der Waals surface area contributed by atoms with Gasteiger partial charge in [0.1, 0.15) is 28.7 Å². The van der Waals surface area contributed by atoms with Crippen molar-refractivity contribution in [1.82, 2.24) is 30.0 Å². The first-order chi connectivity index (χ1) is 16.8. The predicted octanol–water partition coefficient (Wildman–Crippen LogP) is 1.91. The summed E-state index contributed by atoms with van der Waals surface area (Å²) in [4.78, 5) is 39.4. The number of hydrogen-bond acceptors (Lipinski definition) is 10. The molecule has 0 aromatic carbocycles. The van der Waals surface area contributed by atoms with Crippen LogP contribution >= 0.6 is 22.9 Å². The van der Waals surface area contributed by atoms with Crippen LogP contribution in [0.25, 0.3) is 11.5 Å². The molecule has 2 unspecified atom stereocenters. The highest BCUT2D eigenvalue weighted by molar-refractivity contribution is 7.17. The number of aromatic amines is 1. The summed E-state index contributed by atoms with van der Waals surface area (Å²) in [7, 11) is 4.60. The highest BCUT2D eigenvalue weighted by Gasteiger charge is 2.34. The molecule has 12 nitrogen and oxygen atoms in total. The van der Waals surface area contributed by atoms with Crippen LogP contribution in [0.2, 0.25) is 5.02 Å². The molecule has 4 heterocycles. The summed E-state index contributed by atoms with van der Waals surface area (Å²) >= 11 is 7.42. The Bertz CT molecular complexity index is 1310. The van der Waals surface area contributed by atoms with Crippen molar-refractivity contribution in [2.45, 2.75) is 25.5 Å². The van der Waals surface area contributed by atoms with Gasteiger partial charge in [-0.25, -0.2) is 19.4 Å². The second-order valence-electron chi connectivity index (χ2n) is 7.89. The van der Waals surface area contributed by atoms with Crippen molar-refractivity contribution in [2.75, 3.05) is 32.2 Å². The van der Waals surface area contributed by atoms with E-state index >= 15 is 0 Å². The fourth-order valence-corrected chi connectivity index (χ4v) is 5.29. The van der Waals surface area contributed by atoms with Crippen LogP contribution < -0.4 is 10.2 Å². The maximum Gasteiger partial charge on any atom is 0.350 e. The lowest BCUT2D eigenvalue weighted by Gasteiger charge is -2.37. The number of nitriles is 1. The fraction of sp³-hybridized carbons (Fsp3) is 0.429. The summed E-state index contributed by atoms with van der Waals surface area (Å²) in [5.41, 5.74) is 1.32. The van der Waals surface area contributed by atoms with Crippen molar-refractivity contribution in [3.63, 3.8) is 0 Å². The first-order valence-corrected chi connectivity index (χ1v) is 11.8. The van der Waals surface area contributed by atoms with E-state index in [2.05, 4.69) is 25.4 Å². The molecular weight excluding hydrogens is 496 g/mol. The zero-order valence-electron chi connectivity index (χ0n) is 19.5. The van der Waals surface area contributed by atoms with E-state index in [1.165, 1.54) is 29.5 Å². The molecule has 3 aromatic rings. The molecule has 0 radical (unpaired) electrons. The van der Waals surface area contributed by atoms with E-state index in [0.717, 1.165) is 0 Å². The Hall–Kier alpha value is -3.47. The van der Waals surface area contributed by atoms with Crippen molar-refractivity contribution in [1.29, 1.82) is 5.26 Å². The highest BCUT2D eigenvalue weighted by atomic mass is 35.5. The molecule has 0 saturated carbocycles. The third-order valence-corrected chi connectivity index (χ3v) is 7.30. The van der Waals surface area contributed by atoms with Gasteiger partial charge >= 0.3 is 5.97 Å². The first-order valence-electron chi connectivity index (χ1n) is 10.6. The summed E-state index contributed by atoms with van der Waals surface area (Å²) in [6, 6.07) is 1.70. The van der Waals surface area contributed by atoms with Gasteiger partial charge in [-0.2, -0.15) is 10.4 Å². The normalized spacial score (nSPS) is 17.8. The van der Waals surface area contributed by atoms with Gasteiger partial charge < -0.3 is 24.7 Å². The van der Waals surface area contributed by atoms with Crippen LogP contribution in [0.4, 0.5) is 5.13 Å². The molecular formula is C21H23ClN8O4S. The number of hydrogen-bond donors (Lipinski definition) is 2. The Balaban J connectivity index is 1.53. The molecule has 2 N–H and O–H groups in total. The zero-order chi connectivity index (χ0) is 25.3. The van der Waals surface area contributed by atoms with Crippen LogP contribution in [0.5, 0.6) is 0 Å². The number of nitrogens with one attached hydrogen (secondary N) is 2. The summed E-state index contributed by atoms with van der Waals surface area (Å²) in [6.07, 6.45) is 1.59. The van der Waals surface area contributed by atoms with Crippen LogP contribution in [-0.2, 0) is 16.5 Å². The van der Waals surface area contributed by atoms with E-state index in [-0.39, 0.29) is 28.4 Å². The van der Waals surface area contributed by atoms with Gasteiger partial charge in [-0.1, -0.05) is 22.9 Å².